The van der Waals surface area contributed by atoms with Crippen LogP contribution >= 0.6 is 15.9 Å². The number of nitrogens with one attached hydrogen (secondary N) is 1. The highest BCUT2D eigenvalue weighted by molar-refractivity contribution is 9.10. The molecule has 11 nitrogen and oxygen atoms in total. The van der Waals surface area contributed by atoms with Crippen molar-refractivity contribution in [2.45, 2.75) is 19.5 Å². The van der Waals surface area contributed by atoms with Gasteiger partial charge in [0.25, 0.3) is 0 Å². The zero-order chi connectivity index (χ0) is 24.0. The highest BCUT2D eigenvalue weighted by Gasteiger charge is 2.38. The van der Waals surface area contributed by atoms with Gasteiger partial charge in [-0.2, -0.15) is 23.1 Å². The first-order valence-electron chi connectivity index (χ1n) is 8.93. The molecule has 0 spiro atoms. The molecule has 33 heavy (non-hydrogen) atoms. The number of hydrogen-bond donors (Lipinski definition) is 2. The second-order valence-electron chi connectivity index (χ2n) is 5.96. The van der Waals surface area contributed by atoms with Crippen LogP contribution in [0.25, 0.3) is 11.0 Å². The Morgan fingerprint density at radius 2 is 1.55 bits per heavy atom. The molecule has 0 atom stereocenters. The molecule has 0 amide bonds. The molecular formula is C18H13BrF3N7O4. The lowest BCUT2D eigenvalue weighted by Gasteiger charge is -2.08. The average Bonchev–Trinajstić information content (AvgIpc) is 3.10. The number of carboxylic acid groups (broad SMARTS) is 1. The number of ether oxygens (including phenoxy) is 2. The normalized spacial score (nSPS) is 10.9. The summed E-state index contributed by atoms with van der Waals surface area (Å²) in [7, 11) is 0. The maximum absolute atomic E-state index is 10.6. The number of fused-ring (bicyclic) bond motifs is 1. The number of rotatable bonds is 5. The van der Waals surface area contributed by atoms with Crippen LogP contribution in [0.5, 0.6) is 23.4 Å². The van der Waals surface area contributed by atoms with Crippen molar-refractivity contribution in [3.8, 4) is 23.4 Å². The number of aliphatic carboxylic acids is 1. The third-order valence-corrected chi connectivity index (χ3v) is 4.58. The number of carbonyl (C=O) groups is 1. The molecule has 0 aromatic carbocycles. The predicted molar refractivity (Wildman–Crippen MR) is 109 cm³/mol. The quantitative estimate of drug-likeness (QED) is 0.388. The van der Waals surface area contributed by atoms with Crippen LogP contribution in [0.1, 0.15) is 12.6 Å². The Balaban J connectivity index is 0.000000383. The van der Waals surface area contributed by atoms with E-state index < -0.39 is 12.1 Å². The van der Waals surface area contributed by atoms with Crippen molar-refractivity contribution in [2.75, 3.05) is 0 Å². The van der Waals surface area contributed by atoms with Crippen LogP contribution in [-0.2, 0) is 11.2 Å². The van der Waals surface area contributed by atoms with E-state index in [0.29, 0.717) is 28.4 Å². The van der Waals surface area contributed by atoms with Crippen molar-refractivity contribution in [2.24, 2.45) is 0 Å². The molecule has 15 heteroatoms. The van der Waals surface area contributed by atoms with Crippen LogP contribution in [0.3, 0.4) is 0 Å². The van der Waals surface area contributed by atoms with Crippen molar-refractivity contribution < 1.29 is 32.5 Å². The molecular weight excluding hydrogens is 515 g/mol. The van der Waals surface area contributed by atoms with Gasteiger partial charge in [-0.05, 0) is 22.4 Å². The van der Waals surface area contributed by atoms with Gasteiger partial charge in [0.2, 0.25) is 5.88 Å². The van der Waals surface area contributed by atoms with E-state index in [1.54, 1.807) is 12.4 Å². The molecule has 0 bridgehead atoms. The molecule has 4 heterocycles. The van der Waals surface area contributed by atoms with Gasteiger partial charge in [0.1, 0.15) is 18.3 Å². The monoisotopic (exact) mass is 527 g/mol. The average molecular weight is 528 g/mol. The second kappa shape index (κ2) is 10.2. The number of carboxylic acids is 1. The van der Waals surface area contributed by atoms with Crippen LogP contribution < -0.4 is 9.47 Å². The van der Waals surface area contributed by atoms with Gasteiger partial charge >= 0.3 is 18.2 Å². The van der Waals surface area contributed by atoms with Crippen molar-refractivity contribution in [3.05, 3.63) is 47.6 Å². The molecule has 172 valence electrons. The second-order valence-corrected chi connectivity index (χ2v) is 6.75. The van der Waals surface area contributed by atoms with Gasteiger partial charge in [0.05, 0.1) is 34.6 Å². The molecule has 2 N–H and O–H groups in total. The van der Waals surface area contributed by atoms with Gasteiger partial charge in [-0.1, -0.05) is 6.92 Å². The van der Waals surface area contributed by atoms with Crippen molar-refractivity contribution >= 4 is 32.9 Å². The van der Waals surface area contributed by atoms with Gasteiger partial charge < -0.3 is 19.6 Å². The summed E-state index contributed by atoms with van der Waals surface area (Å²) in [6.45, 7) is 2.03. The standard InChI is InChI=1S/C16H12BrN7O2.C2HF3O2/c1-2-11-13(17)12-14(22-11)23-16(26-10-5-20-8-21-6-10)24-15(12)25-9-3-18-7-19-4-9;3-2(4,5)1(6)7/h3-8H,2H2,1H3,(H,22,23,24);(H,6,7). The fourth-order valence-corrected chi connectivity index (χ4v) is 3.05. The molecule has 0 radical (unpaired) electrons. The van der Waals surface area contributed by atoms with E-state index in [0.717, 1.165) is 16.6 Å². The molecule has 0 unspecified atom stereocenters. The summed E-state index contributed by atoms with van der Waals surface area (Å²) >= 11 is 3.58. The Kier molecular flexibility index (Phi) is 7.32. The molecule has 0 saturated heterocycles. The third kappa shape index (κ3) is 6.09. The molecule has 0 aliphatic rings. The number of aryl methyl sites for hydroxylation is 1. The summed E-state index contributed by atoms with van der Waals surface area (Å²) in [5.41, 5.74) is 1.56. The predicted octanol–water partition coefficient (Wildman–Crippen LogP) is 4.08. The molecule has 4 aromatic heterocycles. The summed E-state index contributed by atoms with van der Waals surface area (Å²) in [5.74, 6) is -1.57. The molecule has 0 saturated carbocycles. The van der Waals surface area contributed by atoms with Crippen molar-refractivity contribution in [3.63, 3.8) is 0 Å². The summed E-state index contributed by atoms with van der Waals surface area (Å²) in [5, 5.41) is 7.84. The SMILES string of the molecule is CCc1[nH]c2nc(Oc3cncnc3)nc(Oc3cncnc3)c2c1Br.O=C(O)C(F)(F)F. The Labute approximate surface area is 191 Å². The minimum atomic E-state index is -5.08. The van der Waals surface area contributed by atoms with Crippen LogP contribution in [0.2, 0.25) is 0 Å². The van der Waals surface area contributed by atoms with Crippen LogP contribution in [0.15, 0.2) is 41.9 Å². The Bertz CT molecular complexity index is 1240. The lowest BCUT2D eigenvalue weighted by atomic mass is 10.3. The zero-order valence-electron chi connectivity index (χ0n) is 16.5. The van der Waals surface area contributed by atoms with E-state index >= 15 is 0 Å². The summed E-state index contributed by atoms with van der Waals surface area (Å²) < 4.78 is 44.1. The molecule has 0 fully saturated rings. The zero-order valence-corrected chi connectivity index (χ0v) is 18.1. The van der Waals surface area contributed by atoms with E-state index in [2.05, 4.69) is 50.8 Å². The Morgan fingerprint density at radius 1 is 1.03 bits per heavy atom. The first-order chi connectivity index (χ1) is 15.7. The van der Waals surface area contributed by atoms with E-state index in [9.17, 15) is 13.2 Å². The van der Waals surface area contributed by atoms with Gasteiger partial charge in [-0.25, -0.2) is 24.7 Å². The van der Waals surface area contributed by atoms with Gasteiger partial charge in [-0.3, -0.25) is 0 Å². The topological polar surface area (TPSA) is 149 Å². The maximum Gasteiger partial charge on any atom is 0.490 e. The summed E-state index contributed by atoms with van der Waals surface area (Å²) in [6.07, 6.45) is 4.68. The maximum atomic E-state index is 10.6. The molecule has 0 aliphatic carbocycles. The number of nitrogens with zero attached hydrogens (tertiary/aromatic N) is 6. The number of H-pyrrole nitrogens is 1. The fraction of sp³-hybridized carbons (Fsp3) is 0.167. The number of aromatic amines is 1. The highest BCUT2D eigenvalue weighted by Crippen LogP contribution is 2.37. The number of hydrogen-bond acceptors (Lipinski definition) is 9. The number of alkyl halides is 3. The van der Waals surface area contributed by atoms with E-state index in [1.807, 2.05) is 6.92 Å². The summed E-state index contributed by atoms with van der Waals surface area (Å²) in [4.78, 5) is 36.7. The van der Waals surface area contributed by atoms with Gasteiger partial charge in [0, 0.05) is 5.69 Å². The first kappa shape index (κ1) is 23.8. The van der Waals surface area contributed by atoms with Crippen LogP contribution in [-0.4, -0.2) is 52.1 Å². The van der Waals surface area contributed by atoms with E-state index in [1.165, 1.54) is 25.0 Å². The Morgan fingerprint density at radius 3 is 2.03 bits per heavy atom. The largest absolute Gasteiger partial charge is 0.490 e. The minimum Gasteiger partial charge on any atom is -0.475 e. The Hall–Kier alpha value is -3.88. The third-order valence-electron chi connectivity index (χ3n) is 3.70. The fourth-order valence-electron chi connectivity index (χ4n) is 2.31. The number of halogens is 4. The van der Waals surface area contributed by atoms with Crippen molar-refractivity contribution in [1.29, 1.82) is 0 Å². The minimum absolute atomic E-state index is 0.107. The summed E-state index contributed by atoms with van der Waals surface area (Å²) in [6, 6.07) is 0.107. The highest BCUT2D eigenvalue weighted by atomic mass is 79.9. The van der Waals surface area contributed by atoms with Crippen molar-refractivity contribution in [1.82, 2.24) is 34.9 Å². The van der Waals surface area contributed by atoms with E-state index in [4.69, 9.17) is 19.4 Å². The smallest absolute Gasteiger partial charge is 0.475 e. The van der Waals surface area contributed by atoms with Crippen LogP contribution in [0.4, 0.5) is 13.2 Å². The van der Waals surface area contributed by atoms with E-state index in [-0.39, 0.29) is 6.01 Å². The molecule has 4 rings (SSSR count). The van der Waals surface area contributed by atoms with Gasteiger partial charge in [-0.15, -0.1) is 0 Å². The van der Waals surface area contributed by atoms with Crippen LogP contribution in [0, 0.1) is 0 Å². The number of aromatic nitrogens is 7. The lowest BCUT2D eigenvalue weighted by Crippen LogP contribution is -2.21. The van der Waals surface area contributed by atoms with Gasteiger partial charge in [0.15, 0.2) is 11.5 Å². The molecule has 0 aliphatic heterocycles. The molecule has 4 aromatic rings. The lowest BCUT2D eigenvalue weighted by molar-refractivity contribution is -0.192. The first-order valence-corrected chi connectivity index (χ1v) is 9.72.